The number of rotatable bonds is 6. The Balaban J connectivity index is 1.48. The molecule has 2 aliphatic heterocycles. The molecule has 4 atom stereocenters. The summed E-state index contributed by atoms with van der Waals surface area (Å²) in [6.45, 7) is -0.505. The van der Waals surface area contributed by atoms with Crippen molar-refractivity contribution in [2.75, 3.05) is 0 Å². The molecule has 2 unspecified atom stereocenters. The monoisotopic (exact) mass is 569 g/mol. The fraction of sp³-hybridized carbons (Fsp3) is 0.357. The predicted molar refractivity (Wildman–Crippen MR) is 131 cm³/mol. The summed E-state index contributed by atoms with van der Waals surface area (Å²) < 4.78 is 113. The molecule has 0 spiro atoms. The Morgan fingerprint density at radius 3 is 1.95 bits per heavy atom. The Morgan fingerprint density at radius 2 is 1.38 bits per heavy atom. The quantitative estimate of drug-likeness (QED) is 0.345. The molecule has 2 saturated heterocycles. The molecule has 2 aliphatic rings. The van der Waals surface area contributed by atoms with Crippen molar-refractivity contribution >= 4 is 9.84 Å². The number of hydrogen-bond acceptors (Lipinski definition) is 4. The van der Waals surface area contributed by atoms with Crippen LogP contribution in [0.3, 0.4) is 0 Å². The highest BCUT2D eigenvalue weighted by Gasteiger charge is 2.57. The van der Waals surface area contributed by atoms with Crippen LogP contribution >= 0.6 is 0 Å². The van der Waals surface area contributed by atoms with Crippen LogP contribution in [-0.4, -0.2) is 25.8 Å². The summed E-state index contributed by atoms with van der Waals surface area (Å²) in [6.07, 6.45) is -9.71. The normalized spacial score (nSPS) is 25.5. The third kappa shape index (κ3) is 5.31. The first-order valence-corrected chi connectivity index (χ1v) is 13.9. The maximum atomic E-state index is 13.6. The zero-order valence-electron chi connectivity index (χ0n) is 20.5. The number of fused-ring (bicyclic) bond motifs is 2. The highest BCUT2D eigenvalue weighted by Crippen LogP contribution is 2.48. The summed E-state index contributed by atoms with van der Waals surface area (Å²) in [7, 11) is -3.74. The Labute approximate surface area is 221 Å². The first-order valence-electron chi connectivity index (χ1n) is 12.3. The SMILES string of the molecule is O=S(=O)(c1ccccc1)[C@@H]1CC2(c3ccccc3)N[C@H]1CCC2OCc1cc(C(F)(F)F)cc(C(F)(F)F)c1. The molecule has 0 aromatic heterocycles. The lowest BCUT2D eigenvalue weighted by Gasteiger charge is -2.42. The Bertz CT molecular complexity index is 1390. The fourth-order valence-electron chi connectivity index (χ4n) is 5.76. The van der Waals surface area contributed by atoms with Crippen molar-refractivity contribution in [1.82, 2.24) is 5.32 Å². The van der Waals surface area contributed by atoms with E-state index < -0.39 is 62.9 Å². The molecule has 2 bridgehead atoms. The lowest BCUT2D eigenvalue weighted by atomic mass is 9.80. The van der Waals surface area contributed by atoms with Gasteiger partial charge in [0, 0.05) is 6.04 Å². The first kappa shape index (κ1) is 27.7. The predicted octanol–water partition coefficient (Wildman–Crippen LogP) is 6.50. The van der Waals surface area contributed by atoms with Gasteiger partial charge >= 0.3 is 12.4 Å². The Morgan fingerprint density at radius 1 is 0.821 bits per heavy atom. The average molecular weight is 570 g/mol. The van der Waals surface area contributed by atoms with Gasteiger partial charge in [0.25, 0.3) is 0 Å². The van der Waals surface area contributed by atoms with Gasteiger partial charge in [-0.1, -0.05) is 48.5 Å². The minimum atomic E-state index is -4.97. The van der Waals surface area contributed by atoms with Gasteiger partial charge in [-0.3, -0.25) is 0 Å². The van der Waals surface area contributed by atoms with Crippen LogP contribution in [0.4, 0.5) is 26.3 Å². The molecule has 0 saturated carbocycles. The van der Waals surface area contributed by atoms with Crippen molar-refractivity contribution in [3.8, 4) is 0 Å². The van der Waals surface area contributed by atoms with Crippen LogP contribution in [0.1, 0.15) is 41.5 Å². The van der Waals surface area contributed by atoms with Crippen molar-refractivity contribution in [2.45, 2.75) is 66.1 Å². The summed E-state index contributed by atoms with van der Waals surface area (Å²) >= 11 is 0. The third-order valence-corrected chi connectivity index (χ3v) is 9.78. The van der Waals surface area contributed by atoms with Crippen molar-refractivity contribution in [3.63, 3.8) is 0 Å². The minimum Gasteiger partial charge on any atom is -0.371 e. The Hall–Kier alpha value is -2.89. The van der Waals surface area contributed by atoms with Crippen LogP contribution in [0.25, 0.3) is 0 Å². The molecule has 0 aliphatic carbocycles. The molecule has 11 heteroatoms. The lowest BCUT2D eigenvalue weighted by molar-refractivity contribution is -0.143. The number of piperidine rings is 1. The van der Waals surface area contributed by atoms with Gasteiger partial charge in [-0.05, 0) is 60.7 Å². The smallest absolute Gasteiger partial charge is 0.371 e. The molecule has 3 aromatic rings. The lowest BCUT2D eigenvalue weighted by Crippen LogP contribution is -2.54. The van der Waals surface area contributed by atoms with Gasteiger partial charge in [0.15, 0.2) is 9.84 Å². The first-order chi connectivity index (χ1) is 18.3. The number of hydrogen-bond donors (Lipinski definition) is 1. The average Bonchev–Trinajstić information content (AvgIpc) is 3.23. The van der Waals surface area contributed by atoms with Gasteiger partial charge in [0.05, 0.1) is 39.5 Å². The van der Waals surface area contributed by atoms with Crippen LogP contribution in [0.15, 0.2) is 83.8 Å². The largest absolute Gasteiger partial charge is 0.416 e. The van der Waals surface area contributed by atoms with E-state index in [9.17, 15) is 34.8 Å². The third-order valence-electron chi connectivity index (χ3n) is 7.56. The van der Waals surface area contributed by atoms with Gasteiger partial charge < -0.3 is 10.1 Å². The van der Waals surface area contributed by atoms with Crippen molar-refractivity contribution in [3.05, 3.63) is 101 Å². The number of alkyl halides is 6. The molecule has 4 nitrogen and oxygen atoms in total. The van der Waals surface area contributed by atoms with E-state index in [1.807, 2.05) is 12.1 Å². The van der Waals surface area contributed by atoms with Crippen molar-refractivity contribution in [1.29, 1.82) is 0 Å². The summed E-state index contributed by atoms with van der Waals surface area (Å²) in [5, 5.41) is 2.65. The van der Waals surface area contributed by atoms with Crippen LogP contribution < -0.4 is 5.32 Å². The van der Waals surface area contributed by atoms with Crippen LogP contribution in [0.5, 0.6) is 0 Å². The van der Waals surface area contributed by atoms with E-state index in [1.54, 1.807) is 36.4 Å². The molecule has 2 heterocycles. The molecular weight excluding hydrogens is 544 g/mol. The van der Waals surface area contributed by atoms with E-state index in [2.05, 4.69) is 5.32 Å². The van der Waals surface area contributed by atoms with Gasteiger partial charge in [-0.2, -0.15) is 26.3 Å². The minimum absolute atomic E-state index is 0.0811. The van der Waals surface area contributed by atoms with Gasteiger partial charge in [-0.15, -0.1) is 0 Å². The van der Waals surface area contributed by atoms with E-state index in [4.69, 9.17) is 4.74 Å². The summed E-state index contributed by atoms with van der Waals surface area (Å²) in [5.41, 5.74) is -3.35. The van der Waals surface area contributed by atoms with Crippen LogP contribution in [0.2, 0.25) is 0 Å². The zero-order chi connectivity index (χ0) is 28.1. The summed E-state index contributed by atoms with van der Waals surface area (Å²) in [5.74, 6) is 0. The zero-order valence-corrected chi connectivity index (χ0v) is 21.3. The molecule has 0 radical (unpaired) electrons. The molecule has 2 fully saturated rings. The second kappa shape index (κ2) is 9.94. The number of nitrogens with one attached hydrogen (secondary N) is 1. The van der Waals surface area contributed by atoms with Gasteiger partial charge in [-0.25, -0.2) is 8.42 Å². The topological polar surface area (TPSA) is 55.4 Å². The van der Waals surface area contributed by atoms with E-state index in [0.717, 1.165) is 5.56 Å². The number of ether oxygens (including phenoxy) is 1. The maximum Gasteiger partial charge on any atom is 0.416 e. The van der Waals surface area contributed by atoms with Gasteiger partial charge in [0.1, 0.15) is 0 Å². The number of benzene rings is 3. The molecular formula is C28H25F6NO3S. The molecule has 39 heavy (non-hydrogen) atoms. The molecule has 208 valence electrons. The van der Waals surface area contributed by atoms with E-state index in [0.29, 0.717) is 25.0 Å². The number of sulfone groups is 1. The standard InChI is InChI=1S/C28H25F6NO3S/c29-27(30,31)20-13-18(14-21(15-20)28(32,33)34)17-38-25-12-11-23-24(39(36,37)22-9-5-2-6-10-22)16-26(25,35-23)19-7-3-1-4-8-19/h1-10,13-15,23-25,35H,11-12,16-17H2/t23-,24+,25?,26?/m0/s1. The summed E-state index contributed by atoms with van der Waals surface area (Å²) in [4.78, 5) is 0.189. The number of halogens is 6. The van der Waals surface area contributed by atoms with E-state index >= 15 is 0 Å². The summed E-state index contributed by atoms with van der Waals surface area (Å²) in [6, 6.07) is 18.1. The van der Waals surface area contributed by atoms with Crippen molar-refractivity contribution in [2.24, 2.45) is 0 Å². The molecule has 0 amide bonds. The van der Waals surface area contributed by atoms with Crippen molar-refractivity contribution < 1.29 is 39.5 Å². The fourth-order valence-corrected chi connectivity index (χ4v) is 7.77. The molecule has 5 rings (SSSR count). The van der Waals surface area contributed by atoms with Crippen LogP contribution in [0, 0.1) is 0 Å². The van der Waals surface area contributed by atoms with Gasteiger partial charge in [0.2, 0.25) is 0 Å². The Kier molecular flexibility index (Phi) is 7.05. The highest BCUT2D eigenvalue weighted by molar-refractivity contribution is 7.92. The van der Waals surface area contributed by atoms with Crippen LogP contribution in [-0.2, 0) is 39.1 Å². The highest BCUT2D eigenvalue weighted by atomic mass is 32.2. The second-order valence-corrected chi connectivity index (χ2v) is 12.1. The van der Waals surface area contributed by atoms with E-state index in [-0.39, 0.29) is 22.9 Å². The maximum absolute atomic E-state index is 13.6. The van der Waals surface area contributed by atoms with E-state index in [1.165, 1.54) is 12.1 Å². The second-order valence-electron chi connectivity index (χ2n) is 9.98. The molecule has 1 N–H and O–H groups in total. The molecule has 3 aromatic carbocycles.